The maximum Gasteiger partial charge on any atom is 0.217 e. The second-order valence-corrected chi connectivity index (χ2v) is 7.43. The first-order valence-electron chi connectivity index (χ1n) is 9.69. The summed E-state index contributed by atoms with van der Waals surface area (Å²) in [5.41, 5.74) is 6.09. The Kier molecular flexibility index (Phi) is 6.62. The maximum absolute atomic E-state index is 11.8. The summed E-state index contributed by atoms with van der Waals surface area (Å²) in [5, 5.41) is 3.14. The zero-order valence-electron chi connectivity index (χ0n) is 16.9. The number of carbonyl (C=O) groups excluding carboxylic acids is 1. The van der Waals surface area contributed by atoms with Crippen molar-refractivity contribution in [2.24, 2.45) is 0 Å². The molecular weight excluding hydrogens is 344 g/mol. The number of hydrogen-bond donors (Lipinski definition) is 1. The Morgan fingerprint density at radius 1 is 0.821 bits per heavy atom. The third-order valence-corrected chi connectivity index (χ3v) is 4.79. The molecule has 3 rings (SSSR count). The molecule has 3 nitrogen and oxygen atoms in total. The molecular formula is C25H28N2O. The Morgan fingerprint density at radius 3 is 1.75 bits per heavy atom. The summed E-state index contributed by atoms with van der Waals surface area (Å²) in [7, 11) is 4.08. The predicted octanol–water partition coefficient (Wildman–Crippen LogP) is 4.63. The summed E-state index contributed by atoms with van der Waals surface area (Å²) in [6.45, 7) is 2.38. The van der Waals surface area contributed by atoms with Gasteiger partial charge in [0, 0.05) is 19.5 Å². The average Bonchev–Trinajstić information content (AvgIpc) is 2.68. The average molecular weight is 373 g/mol. The van der Waals surface area contributed by atoms with Gasteiger partial charge in [0.2, 0.25) is 5.91 Å². The molecule has 0 saturated heterocycles. The van der Waals surface area contributed by atoms with Crippen LogP contribution in [0.4, 0.5) is 0 Å². The van der Waals surface area contributed by atoms with Crippen LogP contribution in [-0.2, 0) is 11.2 Å². The smallest absolute Gasteiger partial charge is 0.217 e. The molecule has 1 amide bonds. The van der Waals surface area contributed by atoms with Crippen LogP contribution in [0.3, 0.4) is 0 Å². The summed E-state index contributed by atoms with van der Waals surface area (Å²) in [6, 6.07) is 27.5. The molecule has 3 heteroatoms. The lowest BCUT2D eigenvalue weighted by molar-refractivity contribution is -0.119. The Morgan fingerprint density at radius 2 is 1.32 bits per heavy atom. The minimum Gasteiger partial charge on any atom is -0.352 e. The monoisotopic (exact) mass is 372 g/mol. The van der Waals surface area contributed by atoms with Gasteiger partial charge in [-0.2, -0.15) is 0 Å². The van der Waals surface area contributed by atoms with Gasteiger partial charge in [0.1, 0.15) is 0 Å². The molecule has 3 aromatic rings. The van der Waals surface area contributed by atoms with Crippen LogP contribution in [-0.4, -0.2) is 37.5 Å². The number of rotatable bonds is 7. The Hall–Kier alpha value is -2.91. The van der Waals surface area contributed by atoms with Crippen molar-refractivity contribution >= 4 is 5.91 Å². The van der Waals surface area contributed by atoms with E-state index in [0.29, 0.717) is 0 Å². The summed E-state index contributed by atoms with van der Waals surface area (Å²) < 4.78 is 0. The molecule has 0 heterocycles. The van der Waals surface area contributed by atoms with E-state index in [9.17, 15) is 4.79 Å². The van der Waals surface area contributed by atoms with E-state index >= 15 is 0 Å². The predicted molar refractivity (Wildman–Crippen MR) is 117 cm³/mol. The highest BCUT2D eigenvalue weighted by Crippen LogP contribution is 2.33. The molecule has 0 aromatic heterocycles. The van der Waals surface area contributed by atoms with E-state index in [0.717, 1.165) is 13.0 Å². The first kappa shape index (κ1) is 19.8. The van der Waals surface area contributed by atoms with E-state index in [-0.39, 0.29) is 11.9 Å². The summed E-state index contributed by atoms with van der Waals surface area (Å²) in [5.74, 6) is 0.00491. The third-order valence-electron chi connectivity index (χ3n) is 4.79. The standard InChI is InChI=1S/C25H28N2O/c1-19(28)26-22(18-27(2)3)17-25-23(20-11-6-4-7-12-20)15-10-16-24(25)21-13-8-5-9-14-21/h4-16,22H,17-18H2,1-3H3,(H,26,28)/t22-/m0/s1. The van der Waals surface area contributed by atoms with Crippen molar-refractivity contribution in [3.63, 3.8) is 0 Å². The van der Waals surface area contributed by atoms with E-state index in [1.54, 1.807) is 6.92 Å². The molecule has 0 aliphatic carbocycles. The lowest BCUT2D eigenvalue weighted by atomic mass is 9.88. The van der Waals surface area contributed by atoms with E-state index in [1.165, 1.54) is 27.8 Å². The van der Waals surface area contributed by atoms with Crippen molar-refractivity contribution in [2.45, 2.75) is 19.4 Å². The van der Waals surface area contributed by atoms with Crippen LogP contribution in [0.15, 0.2) is 78.9 Å². The molecule has 0 radical (unpaired) electrons. The van der Waals surface area contributed by atoms with Crippen LogP contribution in [0.1, 0.15) is 12.5 Å². The van der Waals surface area contributed by atoms with Crippen LogP contribution in [0, 0.1) is 0 Å². The third kappa shape index (κ3) is 5.08. The van der Waals surface area contributed by atoms with Crippen molar-refractivity contribution < 1.29 is 4.79 Å². The first-order valence-corrected chi connectivity index (χ1v) is 9.69. The van der Waals surface area contributed by atoms with Crippen LogP contribution >= 0.6 is 0 Å². The Balaban J connectivity index is 2.10. The van der Waals surface area contributed by atoms with E-state index in [2.05, 4.69) is 76.9 Å². The summed E-state index contributed by atoms with van der Waals surface area (Å²) in [6.07, 6.45) is 0.771. The van der Waals surface area contributed by atoms with Gasteiger partial charge in [0.15, 0.2) is 0 Å². The van der Waals surface area contributed by atoms with Crippen molar-refractivity contribution in [3.8, 4) is 22.3 Å². The van der Waals surface area contributed by atoms with Crippen molar-refractivity contribution in [1.29, 1.82) is 0 Å². The summed E-state index contributed by atoms with van der Waals surface area (Å²) in [4.78, 5) is 13.9. The molecule has 3 aromatic carbocycles. The van der Waals surface area contributed by atoms with Crippen molar-refractivity contribution in [3.05, 3.63) is 84.4 Å². The van der Waals surface area contributed by atoms with E-state index < -0.39 is 0 Å². The van der Waals surface area contributed by atoms with Crippen molar-refractivity contribution in [1.82, 2.24) is 10.2 Å². The topological polar surface area (TPSA) is 32.3 Å². The number of benzene rings is 3. The second-order valence-electron chi connectivity index (χ2n) is 7.43. The minimum absolute atomic E-state index is 0.00491. The Labute approximate surface area is 168 Å². The minimum atomic E-state index is 0.00491. The van der Waals surface area contributed by atoms with Gasteiger partial charge < -0.3 is 10.2 Å². The van der Waals surface area contributed by atoms with Crippen LogP contribution in [0.2, 0.25) is 0 Å². The van der Waals surface area contributed by atoms with Crippen LogP contribution in [0.5, 0.6) is 0 Å². The molecule has 0 bridgehead atoms. The second kappa shape index (κ2) is 9.34. The lowest BCUT2D eigenvalue weighted by Gasteiger charge is -2.25. The molecule has 0 fully saturated rings. The highest BCUT2D eigenvalue weighted by atomic mass is 16.1. The molecule has 0 unspecified atom stereocenters. The van der Waals surface area contributed by atoms with E-state index in [1.807, 2.05) is 26.2 Å². The molecule has 1 N–H and O–H groups in total. The number of carbonyl (C=O) groups is 1. The zero-order valence-corrected chi connectivity index (χ0v) is 16.9. The normalized spacial score (nSPS) is 12.0. The first-order chi connectivity index (χ1) is 13.5. The summed E-state index contributed by atoms with van der Waals surface area (Å²) >= 11 is 0. The number of likely N-dealkylation sites (N-methyl/N-ethyl adjacent to an activating group) is 1. The highest BCUT2D eigenvalue weighted by molar-refractivity contribution is 5.79. The van der Waals surface area contributed by atoms with Gasteiger partial charge in [-0.25, -0.2) is 0 Å². The molecule has 0 saturated carbocycles. The fourth-order valence-corrected chi connectivity index (χ4v) is 3.72. The lowest BCUT2D eigenvalue weighted by Crippen LogP contribution is -2.42. The number of amides is 1. The van der Waals surface area contributed by atoms with Crippen LogP contribution in [0.25, 0.3) is 22.3 Å². The number of hydrogen-bond acceptors (Lipinski definition) is 2. The molecule has 0 aliphatic rings. The van der Waals surface area contributed by atoms with Gasteiger partial charge in [-0.05, 0) is 48.3 Å². The number of nitrogens with one attached hydrogen (secondary N) is 1. The maximum atomic E-state index is 11.8. The van der Waals surface area contributed by atoms with Gasteiger partial charge in [-0.1, -0.05) is 78.9 Å². The quantitative estimate of drug-likeness (QED) is 0.656. The largest absolute Gasteiger partial charge is 0.352 e. The fourth-order valence-electron chi connectivity index (χ4n) is 3.72. The van der Waals surface area contributed by atoms with Gasteiger partial charge in [0.25, 0.3) is 0 Å². The molecule has 0 aliphatic heterocycles. The highest BCUT2D eigenvalue weighted by Gasteiger charge is 2.18. The van der Waals surface area contributed by atoms with Gasteiger partial charge >= 0.3 is 0 Å². The van der Waals surface area contributed by atoms with Gasteiger partial charge in [-0.15, -0.1) is 0 Å². The van der Waals surface area contributed by atoms with Crippen molar-refractivity contribution in [2.75, 3.05) is 20.6 Å². The zero-order chi connectivity index (χ0) is 19.9. The Bertz CT molecular complexity index is 847. The van der Waals surface area contributed by atoms with Gasteiger partial charge in [0.05, 0.1) is 0 Å². The fraction of sp³-hybridized carbons (Fsp3) is 0.240. The molecule has 0 spiro atoms. The SMILES string of the molecule is CC(=O)N[C@@H](Cc1c(-c2ccccc2)cccc1-c1ccccc1)CN(C)C. The number of nitrogens with zero attached hydrogens (tertiary/aromatic N) is 1. The van der Waals surface area contributed by atoms with Crippen LogP contribution < -0.4 is 5.32 Å². The molecule has 1 atom stereocenters. The molecule has 28 heavy (non-hydrogen) atoms. The van der Waals surface area contributed by atoms with Gasteiger partial charge in [-0.3, -0.25) is 4.79 Å². The van der Waals surface area contributed by atoms with E-state index in [4.69, 9.17) is 0 Å². The molecule has 144 valence electrons.